The molecule has 0 heterocycles. The van der Waals surface area contributed by atoms with Gasteiger partial charge in [0.05, 0.1) is 17.9 Å². The van der Waals surface area contributed by atoms with E-state index in [1.807, 2.05) is 0 Å². The summed E-state index contributed by atoms with van der Waals surface area (Å²) in [4.78, 5) is 12.5. The van der Waals surface area contributed by atoms with Gasteiger partial charge in [-0.1, -0.05) is 167 Å². The van der Waals surface area contributed by atoms with E-state index in [4.69, 9.17) is 0 Å². The Morgan fingerprint density at radius 3 is 1.50 bits per heavy atom. The van der Waals surface area contributed by atoms with Gasteiger partial charge in [-0.05, 0) is 32.1 Å². The van der Waals surface area contributed by atoms with Crippen molar-refractivity contribution in [3.05, 3.63) is 24.3 Å². The molecule has 0 aliphatic heterocycles. The van der Waals surface area contributed by atoms with E-state index in [0.717, 1.165) is 32.1 Å². The maximum absolute atomic E-state index is 12.5. The summed E-state index contributed by atoms with van der Waals surface area (Å²) in [6.07, 6.45) is 33.8. The lowest BCUT2D eigenvalue weighted by atomic mass is 10.0. The standard InChI is InChI=1S/C36H69NO6S/c1-3-5-7-9-11-13-15-16-17-18-19-21-22-24-26-28-30-34(38)33(32-44(41,42)43)37-36(40)35(39)31-29-27-25-23-20-14-12-10-8-6-4-2/h21-22,28,30,33-35,38-39H,3-20,23-27,29,31-32H2,1-2H3,(H,37,40)(H,41,42,43)/b22-21+,30-28+. The normalized spacial score (nSPS) is 14.4. The topological polar surface area (TPSA) is 124 Å². The highest BCUT2D eigenvalue weighted by Crippen LogP contribution is 2.14. The summed E-state index contributed by atoms with van der Waals surface area (Å²) in [5, 5.41) is 23.2. The highest BCUT2D eigenvalue weighted by atomic mass is 32.2. The number of aliphatic hydroxyl groups is 2. The van der Waals surface area contributed by atoms with Crippen LogP contribution in [0.1, 0.15) is 174 Å². The van der Waals surface area contributed by atoms with Gasteiger partial charge in [0.25, 0.3) is 10.1 Å². The minimum absolute atomic E-state index is 0.277. The number of aliphatic hydroxyl groups excluding tert-OH is 2. The first-order valence-electron chi connectivity index (χ1n) is 18.1. The summed E-state index contributed by atoms with van der Waals surface area (Å²) in [7, 11) is -4.44. The Labute approximate surface area is 271 Å². The second-order valence-corrected chi connectivity index (χ2v) is 14.1. The number of allylic oxidation sites excluding steroid dienone is 3. The SMILES string of the molecule is CCCCCCCCCCCC/C=C/CC/C=C/C(O)C(CS(=O)(=O)O)NC(=O)C(O)CCCCCCCCCCCCC. The molecule has 0 aliphatic rings. The van der Waals surface area contributed by atoms with Crippen LogP contribution in [-0.4, -0.2) is 53.1 Å². The van der Waals surface area contributed by atoms with Crippen LogP contribution in [0.15, 0.2) is 24.3 Å². The van der Waals surface area contributed by atoms with Gasteiger partial charge < -0.3 is 15.5 Å². The van der Waals surface area contributed by atoms with Gasteiger partial charge in [-0.3, -0.25) is 9.35 Å². The largest absolute Gasteiger partial charge is 0.387 e. The average molecular weight is 644 g/mol. The molecule has 8 heteroatoms. The van der Waals surface area contributed by atoms with Crippen molar-refractivity contribution in [2.75, 3.05) is 5.75 Å². The van der Waals surface area contributed by atoms with Crippen LogP contribution in [0.25, 0.3) is 0 Å². The number of amides is 1. The first-order chi connectivity index (χ1) is 21.2. The molecule has 0 saturated heterocycles. The van der Waals surface area contributed by atoms with Crippen molar-refractivity contribution in [3.8, 4) is 0 Å². The smallest absolute Gasteiger partial charge is 0.267 e. The number of hydrogen-bond donors (Lipinski definition) is 4. The van der Waals surface area contributed by atoms with Crippen LogP contribution >= 0.6 is 0 Å². The van der Waals surface area contributed by atoms with E-state index in [1.165, 1.54) is 115 Å². The molecule has 0 bridgehead atoms. The Kier molecular flexibility index (Phi) is 29.6. The van der Waals surface area contributed by atoms with Crippen LogP contribution in [0.2, 0.25) is 0 Å². The second kappa shape index (κ2) is 30.4. The Bertz CT molecular complexity index is 813. The maximum atomic E-state index is 12.5. The third kappa shape index (κ3) is 29.5. The van der Waals surface area contributed by atoms with Crippen LogP contribution < -0.4 is 5.32 Å². The lowest BCUT2D eigenvalue weighted by Gasteiger charge is -2.22. The Morgan fingerprint density at radius 2 is 1.02 bits per heavy atom. The molecule has 0 rings (SSSR count). The van der Waals surface area contributed by atoms with E-state index in [-0.39, 0.29) is 6.42 Å². The van der Waals surface area contributed by atoms with Crippen molar-refractivity contribution in [2.45, 2.75) is 193 Å². The van der Waals surface area contributed by atoms with Crippen molar-refractivity contribution in [3.63, 3.8) is 0 Å². The minimum Gasteiger partial charge on any atom is -0.387 e. The van der Waals surface area contributed by atoms with E-state index in [1.54, 1.807) is 6.08 Å². The van der Waals surface area contributed by atoms with E-state index < -0.39 is 40.0 Å². The molecule has 0 radical (unpaired) electrons. The number of carbonyl (C=O) groups is 1. The van der Waals surface area contributed by atoms with Crippen molar-refractivity contribution in [2.24, 2.45) is 0 Å². The zero-order chi connectivity index (χ0) is 32.7. The highest BCUT2D eigenvalue weighted by Gasteiger charge is 2.27. The number of carbonyl (C=O) groups excluding carboxylic acids is 1. The van der Waals surface area contributed by atoms with Crippen LogP contribution in [0, 0.1) is 0 Å². The molecule has 0 aliphatic carbocycles. The van der Waals surface area contributed by atoms with Crippen LogP contribution in [0.5, 0.6) is 0 Å². The molecule has 260 valence electrons. The van der Waals surface area contributed by atoms with Gasteiger partial charge in [-0.15, -0.1) is 0 Å². The fourth-order valence-corrected chi connectivity index (χ4v) is 6.15. The summed E-state index contributed by atoms with van der Waals surface area (Å²) < 4.78 is 32.3. The molecule has 3 atom stereocenters. The maximum Gasteiger partial charge on any atom is 0.267 e. The molecule has 44 heavy (non-hydrogen) atoms. The lowest BCUT2D eigenvalue weighted by Crippen LogP contribution is -2.50. The quantitative estimate of drug-likeness (QED) is 0.0329. The Balaban J connectivity index is 4.18. The van der Waals surface area contributed by atoms with Gasteiger partial charge >= 0.3 is 0 Å². The Morgan fingerprint density at radius 1 is 0.614 bits per heavy atom. The summed E-state index contributed by atoms with van der Waals surface area (Å²) in [6.45, 7) is 4.47. The average Bonchev–Trinajstić information content (AvgIpc) is 2.98. The predicted octanol–water partition coefficient (Wildman–Crippen LogP) is 8.99. The third-order valence-electron chi connectivity index (χ3n) is 8.24. The summed E-state index contributed by atoms with van der Waals surface area (Å²) >= 11 is 0. The fourth-order valence-electron chi connectivity index (χ4n) is 5.41. The summed E-state index contributed by atoms with van der Waals surface area (Å²) in [5.41, 5.74) is 0. The molecule has 3 unspecified atom stereocenters. The fraction of sp³-hybridized carbons (Fsp3) is 0.861. The van der Waals surface area contributed by atoms with Crippen LogP contribution in [-0.2, 0) is 14.9 Å². The van der Waals surface area contributed by atoms with E-state index >= 15 is 0 Å². The van der Waals surface area contributed by atoms with Gasteiger partial charge in [-0.2, -0.15) is 8.42 Å². The zero-order valence-corrected chi connectivity index (χ0v) is 29.2. The predicted molar refractivity (Wildman–Crippen MR) is 185 cm³/mol. The number of unbranched alkanes of at least 4 members (excludes halogenated alkanes) is 21. The first-order valence-corrected chi connectivity index (χ1v) is 19.8. The molecule has 0 saturated carbocycles. The zero-order valence-electron chi connectivity index (χ0n) is 28.4. The second-order valence-electron chi connectivity index (χ2n) is 12.6. The van der Waals surface area contributed by atoms with Gasteiger partial charge in [0.15, 0.2) is 0 Å². The van der Waals surface area contributed by atoms with Gasteiger partial charge in [0.1, 0.15) is 6.10 Å². The van der Waals surface area contributed by atoms with Crippen LogP contribution in [0.3, 0.4) is 0 Å². The van der Waals surface area contributed by atoms with E-state index in [9.17, 15) is 28.0 Å². The highest BCUT2D eigenvalue weighted by molar-refractivity contribution is 7.85. The van der Waals surface area contributed by atoms with Crippen molar-refractivity contribution >= 4 is 16.0 Å². The summed E-state index contributed by atoms with van der Waals surface area (Å²) in [5.74, 6) is -1.55. The molecule has 0 aromatic rings. The minimum atomic E-state index is -4.44. The number of nitrogens with one attached hydrogen (secondary N) is 1. The molecular weight excluding hydrogens is 574 g/mol. The monoisotopic (exact) mass is 643 g/mol. The van der Waals surface area contributed by atoms with Crippen molar-refractivity contribution in [1.29, 1.82) is 0 Å². The first kappa shape index (κ1) is 42.8. The van der Waals surface area contributed by atoms with E-state index in [0.29, 0.717) is 12.8 Å². The summed E-state index contributed by atoms with van der Waals surface area (Å²) in [6, 6.07) is -1.24. The molecule has 7 nitrogen and oxygen atoms in total. The molecule has 0 spiro atoms. The number of rotatable bonds is 32. The Hall–Kier alpha value is -1.22. The van der Waals surface area contributed by atoms with Gasteiger partial charge in [0.2, 0.25) is 5.91 Å². The molecule has 0 aromatic carbocycles. The molecule has 1 amide bonds. The molecule has 4 N–H and O–H groups in total. The van der Waals surface area contributed by atoms with Gasteiger partial charge in [0, 0.05) is 0 Å². The number of hydrogen-bond acceptors (Lipinski definition) is 5. The van der Waals surface area contributed by atoms with Crippen molar-refractivity contribution in [1.82, 2.24) is 5.32 Å². The molecule has 0 fully saturated rings. The van der Waals surface area contributed by atoms with E-state index in [2.05, 4.69) is 31.3 Å². The lowest BCUT2D eigenvalue weighted by molar-refractivity contribution is -0.130. The third-order valence-corrected chi connectivity index (χ3v) is 9.02. The molecule has 0 aromatic heterocycles. The molecular formula is C36H69NO6S. The van der Waals surface area contributed by atoms with Gasteiger partial charge in [-0.25, -0.2) is 0 Å². The van der Waals surface area contributed by atoms with Crippen LogP contribution in [0.4, 0.5) is 0 Å². The van der Waals surface area contributed by atoms with Crippen molar-refractivity contribution < 1.29 is 28.0 Å².